The molecule has 1 fully saturated rings. The highest BCUT2D eigenvalue weighted by Crippen LogP contribution is 2.21. The molecule has 0 bridgehead atoms. The van der Waals surface area contributed by atoms with E-state index in [9.17, 15) is 4.79 Å². The number of anilines is 1. The molecule has 2 N–H and O–H groups in total. The van der Waals surface area contributed by atoms with Crippen LogP contribution in [0.4, 0.5) is 5.69 Å². The van der Waals surface area contributed by atoms with Crippen molar-refractivity contribution < 1.29 is 9.90 Å². The summed E-state index contributed by atoms with van der Waals surface area (Å²) >= 11 is 5.44. The lowest BCUT2D eigenvalue weighted by Crippen LogP contribution is -2.44. The maximum Gasteiger partial charge on any atom is 0.308 e. The van der Waals surface area contributed by atoms with Crippen molar-refractivity contribution in [2.45, 2.75) is 12.8 Å². The Balaban J connectivity index is 1.71. The van der Waals surface area contributed by atoms with E-state index < -0.39 is 5.97 Å². The van der Waals surface area contributed by atoms with Crippen molar-refractivity contribution in [1.29, 1.82) is 0 Å². The highest BCUT2D eigenvalue weighted by atomic mass is 32.1. The first-order chi connectivity index (χ1) is 10.6. The zero-order valence-corrected chi connectivity index (χ0v) is 13.0. The third-order valence-corrected chi connectivity index (χ3v) is 4.42. The molecule has 0 radical (unpaired) electrons. The minimum Gasteiger partial charge on any atom is -0.481 e. The van der Waals surface area contributed by atoms with Gasteiger partial charge in [-0.2, -0.15) is 0 Å². The number of benzene rings is 2. The zero-order valence-electron chi connectivity index (χ0n) is 12.2. The lowest BCUT2D eigenvalue weighted by Gasteiger charge is -2.32. The number of hydrogen-bond acceptors (Lipinski definition) is 2. The third kappa shape index (κ3) is 3.20. The fourth-order valence-corrected chi connectivity index (χ4v) is 3.12. The number of piperidine rings is 1. The monoisotopic (exact) mass is 314 g/mol. The van der Waals surface area contributed by atoms with Crippen LogP contribution in [0.2, 0.25) is 0 Å². The highest BCUT2D eigenvalue weighted by Gasteiger charge is 2.26. The van der Waals surface area contributed by atoms with Gasteiger partial charge >= 0.3 is 5.97 Å². The molecule has 3 rings (SSSR count). The molecule has 1 heterocycles. The molecule has 0 amide bonds. The number of rotatable bonds is 2. The van der Waals surface area contributed by atoms with Crippen LogP contribution >= 0.6 is 12.2 Å². The van der Waals surface area contributed by atoms with Gasteiger partial charge in [0.2, 0.25) is 0 Å². The Labute approximate surface area is 134 Å². The Hall–Kier alpha value is -2.14. The van der Waals surface area contributed by atoms with Gasteiger partial charge in [-0.1, -0.05) is 30.3 Å². The number of likely N-dealkylation sites (tertiary alicyclic amines) is 1. The fourth-order valence-electron chi connectivity index (χ4n) is 2.83. The molecule has 0 saturated carbocycles. The number of carbonyl (C=O) groups is 1. The molecule has 22 heavy (non-hydrogen) atoms. The molecule has 0 aliphatic carbocycles. The first-order valence-corrected chi connectivity index (χ1v) is 7.82. The van der Waals surface area contributed by atoms with Crippen molar-refractivity contribution in [3.8, 4) is 0 Å². The molecule has 0 spiro atoms. The topological polar surface area (TPSA) is 52.6 Å². The van der Waals surface area contributed by atoms with Crippen LogP contribution in [0.1, 0.15) is 12.8 Å². The summed E-state index contributed by atoms with van der Waals surface area (Å²) in [6.45, 7) is 1.29. The van der Waals surface area contributed by atoms with Crippen LogP contribution in [0.5, 0.6) is 0 Å². The smallest absolute Gasteiger partial charge is 0.308 e. The lowest BCUT2D eigenvalue weighted by molar-refractivity contribution is -0.143. The van der Waals surface area contributed by atoms with Crippen LogP contribution < -0.4 is 5.32 Å². The molecule has 1 atom stereocenters. The number of nitrogens with zero attached hydrogens (tertiary/aromatic N) is 1. The molecule has 1 aliphatic heterocycles. The van der Waals surface area contributed by atoms with Crippen LogP contribution in [0.3, 0.4) is 0 Å². The van der Waals surface area contributed by atoms with E-state index in [0.717, 1.165) is 30.5 Å². The molecule has 4 nitrogen and oxygen atoms in total. The molecule has 2 aromatic carbocycles. The number of thiocarbonyl (C=S) groups is 1. The summed E-state index contributed by atoms with van der Waals surface area (Å²) in [7, 11) is 0. The Morgan fingerprint density at radius 1 is 1.23 bits per heavy atom. The molecule has 0 aromatic heterocycles. The van der Waals surface area contributed by atoms with E-state index in [1.54, 1.807) is 0 Å². The Bertz CT molecular complexity index is 717. The van der Waals surface area contributed by atoms with Gasteiger partial charge in [0, 0.05) is 18.8 Å². The summed E-state index contributed by atoms with van der Waals surface area (Å²) in [5.74, 6) is -1.07. The van der Waals surface area contributed by atoms with E-state index in [0.29, 0.717) is 11.7 Å². The van der Waals surface area contributed by atoms with Crippen molar-refractivity contribution in [3.05, 3.63) is 42.5 Å². The van der Waals surface area contributed by atoms with E-state index in [4.69, 9.17) is 17.3 Å². The van der Waals surface area contributed by atoms with Crippen molar-refractivity contribution in [2.75, 3.05) is 18.4 Å². The number of nitrogens with one attached hydrogen (secondary N) is 1. The van der Waals surface area contributed by atoms with Crippen LogP contribution in [-0.4, -0.2) is 34.2 Å². The van der Waals surface area contributed by atoms with Gasteiger partial charge in [0.25, 0.3) is 0 Å². The van der Waals surface area contributed by atoms with Crippen molar-refractivity contribution >= 4 is 39.8 Å². The van der Waals surface area contributed by atoms with E-state index in [2.05, 4.69) is 29.6 Å². The van der Waals surface area contributed by atoms with Crippen LogP contribution in [0.15, 0.2) is 42.5 Å². The van der Waals surface area contributed by atoms with Gasteiger partial charge in [-0.05, 0) is 48.0 Å². The molecular formula is C17H18N2O2S. The van der Waals surface area contributed by atoms with Crippen molar-refractivity contribution in [2.24, 2.45) is 5.92 Å². The SMILES string of the molecule is O=C(O)C1CCCN(C(=S)Nc2ccc3ccccc3c2)C1. The predicted octanol–water partition coefficient (Wildman–Crippen LogP) is 3.33. The summed E-state index contributed by atoms with van der Waals surface area (Å²) in [5.41, 5.74) is 0.932. The van der Waals surface area contributed by atoms with E-state index in [1.807, 2.05) is 23.1 Å². The molecular weight excluding hydrogens is 296 g/mol. The van der Waals surface area contributed by atoms with Crippen LogP contribution in [0.25, 0.3) is 10.8 Å². The average molecular weight is 314 g/mol. The van der Waals surface area contributed by atoms with E-state index in [-0.39, 0.29) is 5.92 Å². The maximum absolute atomic E-state index is 11.1. The predicted molar refractivity (Wildman–Crippen MR) is 92.1 cm³/mol. The van der Waals surface area contributed by atoms with E-state index >= 15 is 0 Å². The second-order valence-corrected chi connectivity index (χ2v) is 6.00. The molecule has 1 saturated heterocycles. The van der Waals surface area contributed by atoms with E-state index in [1.165, 1.54) is 5.39 Å². The number of fused-ring (bicyclic) bond motifs is 1. The highest BCUT2D eigenvalue weighted by molar-refractivity contribution is 7.80. The molecule has 2 aromatic rings. The summed E-state index contributed by atoms with van der Waals surface area (Å²) in [5, 5.41) is 15.3. The first-order valence-electron chi connectivity index (χ1n) is 7.41. The summed E-state index contributed by atoms with van der Waals surface area (Å²) in [6.07, 6.45) is 1.58. The maximum atomic E-state index is 11.1. The van der Waals surface area contributed by atoms with Crippen molar-refractivity contribution in [1.82, 2.24) is 4.90 Å². The lowest BCUT2D eigenvalue weighted by atomic mass is 9.99. The minimum absolute atomic E-state index is 0.329. The number of aliphatic carboxylic acids is 1. The molecule has 114 valence electrons. The van der Waals surface area contributed by atoms with Crippen LogP contribution in [0, 0.1) is 5.92 Å². The second-order valence-electron chi connectivity index (χ2n) is 5.62. The summed E-state index contributed by atoms with van der Waals surface area (Å²) in [6, 6.07) is 14.3. The summed E-state index contributed by atoms with van der Waals surface area (Å²) in [4.78, 5) is 13.1. The van der Waals surface area contributed by atoms with Crippen molar-refractivity contribution in [3.63, 3.8) is 0 Å². The average Bonchev–Trinajstić information content (AvgIpc) is 2.55. The minimum atomic E-state index is -0.738. The van der Waals surface area contributed by atoms with Gasteiger partial charge in [0.1, 0.15) is 0 Å². The number of hydrogen-bond donors (Lipinski definition) is 2. The fraction of sp³-hybridized carbons (Fsp3) is 0.294. The molecule has 1 aliphatic rings. The van der Waals surface area contributed by atoms with Gasteiger partial charge in [0.15, 0.2) is 5.11 Å². The first kappa shape index (κ1) is 14.8. The number of carboxylic acid groups (broad SMARTS) is 1. The standard InChI is InChI=1S/C17H18N2O2S/c20-16(21)14-6-3-9-19(11-14)17(22)18-15-8-7-12-4-1-2-5-13(12)10-15/h1-2,4-5,7-8,10,14H,3,6,9,11H2,(H,18,22)(H,20,21). The zero-order chi connectivity index (χ0) is 15.5. The van der Waals surface area contributed by atoms with Crippen LogP contribution in [-0.2, 0) is 4.79 Å². The number of carboxylic acids is 1. The van der Waals surface area contributed by atoms with Gasteiger partial charge in [-0.25, -0.2) is 0 Å². The second kappa shape index (κ2) is 6.32. The third-order valence-electron chi connectivity index (χ3n) is 4.06. The Morgan fingerprint density at radius 3 is 2.77 bits per heavy atom. The van der Waals surface area contributed by atoms with Gasteiger partial charge in [-0.15, -0.1) is 0 Å². The largest absolute Gasteiger partial charge is 0.481 e. The Morgan fingerprint density at radius 2 is 2.00 bits per heavy atom. The van der Waals surface area contributed by atoms with Gasteiger partial charge in [-0.3, -0.25) is 4.79 Å². The van der Waals surface area contributed by atoms with Gasteiger partial charge < -0.3 is 15.3 Å². The quantitative estimate of drug-likeness (QED) is 0.833. The summed E-state index contributed by atoms with van der Waals surface area (Å²) < 4.78 is 0. The van der Waals surface area contributed by atoms with Gasteiger partial charge in [0.05, 0.1) is 5.92 Å². The molecule has 5 heteroatoms. The molecule has 1 unspecified atom stereocenters. The Kier molecular flexibility index (Phi) is 4.24. The normalized spacial score (nSPS) is 18.2.